The van der Waals surface area contributed by atoms with Crippen LogP contribution >= 0.6 is 11.3 Å². The molecule has 4 heteroatoms. The Labute approximate surface area is 126 Å². The van der Waals surface area contributed by atoms with Gasteiger partial charge in [-0.3, -0.25) is 10.1 Å². The van der Waals surface area contributed by atoms with Gasteiger partial charge in [-0.05, 0) is 33.7 Å². The van der Waals surface area contributed by atoms with E-state index in [4.69, 9.17) is 0 Å². The van der Waals surface area contributed by atoms with Crippen molar-refractivity contribution in [3.63, 3.8) is 0 Å². The third-order valence-corrected chi connectivity index (χ3v) is 4.62. The first kappa shape index (κ1) is 15.5. The molecule has 112 valence electrons. The van der Waals surface area contributed by atoms with Crippen molar-refractivity contribution in [3.8, 4) is 0 Å². The van der Waals surface area contributed by atoms with E-state index in [1.807, 2.05) is 4.90 Å². The highest BCUT2D eigenvalue weighted by Crippen LogP contribution is 2.32. The summed E-state index contributed by atoms with van der Waals surface area (Å²) in [7, 11) is 0. The van der Waals surface area contributed by atoms with E-state index in [0.29, 0.717) is 5.92 Å². The quantitative estimate of drug-likeness (QED) is 0.919. The second kappa shape index (κ2) is 5.86. The molecular weight excluding hydrogens is 268 g/mol. The number of hydrogen-bond donors (Lipinski definition) is 1. The molecule has 2 rings (SSSR count). The van der Waals surface area contributed by atoms with Gasteiger partial charge in [-0.2, -0.15) is 11.3 Å². The lowest BCUT2D eigenvalue weighted by atomic mass is 9.95. The molecule has 0 saturated carbocycles. The molecule has 0 aliphatic carbocycles. The molecule has 20 heavy (non-hydrogen) atoms. The van der Waals surface area contributed by atoms with Crippen molar-refractivity contribution < 1.29 is 4.79 Å². The molecule has 0 spiro atoms. The molecule has 2 heterocycles. The van der Waals surface area contributed by atoms with Gasteiger partial charge in [0.15, 0.2) is 0 Å². The monoisotopic (exact) mass is 294 g/mol. The molecule has 1 N–H and O–H groups in total. The van der Waals surface area contributed by atoms with Gasteiger partial charge in [0.25, 0.3) is 0 Å². The van der Waals surface area contributed by atoms with Gasteiger partial charge in [-0.1, -0.05) is 41.0 Å². The van der Waals surface area contributed by atoms with Gasteiger partial charge in [0.2, 0.25) is 5.91 Å². The molecule has 3 unspecified atom stereocenters. The maximum Gasteiger partial charge on any atom is 0.241 e. The maximum atomic E-state index is 12.8. The first-order chi connectivity index (χ1) is 9.33. The van der Waals surface area contributed by atoms with Gasteiger partial charge in [-0.25, -0.2) is 0 Å². The minimum atomic E-state index is -0.0488. The minimum Gasteiger partial charge on any atom is -0.321 e. The van der Waals surface area contributed by atoms with Crippen molar-refractivity contribution >= 4 is 17.2 Å². The van der Waals surface area contributed by atoms with Crippen LogP contribution in [0, 0.1) is 11.3 Å². The predicted molar refractivity (Wildman–Crippen MR) is 84.6 cm³/mol. The molecule has 3 atom stereocenters. The van der Waals surface area contributed by atoms with Crippen LogP contribution in [0.4, 0.5) is 0 Å². The standard InChI is InChI=1S/C16H26N2OS/c1-6-11(2)13-15(19)18(10-16(3,4)5)14(17-13)12-7-8-20-9-12/h7-9,11,13-14,17H,6,10H2,1-5H3. The molecule has 1 amide bonds. The largest absolute Gasteiger partial charge is 0.321 e. The molecule has 1 aliphatic heterocycles. The van der Waals surface area contributed by atoms with E-state index < -0.39 is 0 Å². The first-order valence-corrected chi connectivity index (χ1v) is 8.36. The van der Waals surface area contributed by atoms with E-state index in [1.165, 1.54) is 5.56 Å². The van der Waals surface area contributed by atoms with Gasteiger partial charge in [0.1, 0.15) is 6.17 Å². The molecule has 1 saturated heterocycles. The Morgan fingerprint density at radius 2 is 2.15 bits per heavy atom. The zero-order valence-corrected chi connectivity index (χ0v) is 14.0. The molecule has 1 fully saturated rings. The first-order valence-electron chi connectivity index (χ1n) is 7.42. The number of thiophene rings is 1. The van der Waals surface area contributed by atoms with E-state index in [9.17, 15) is 4.79 Å². The van der Waals surface area contributed by atoms with Gasteiger partial charge >= 0.3 is 0 Å². The van der Waals surface area contributed by atoms with Crippen LogP contribution < -0.4 is 5.32 Å². The van der Waals surface area contributed by atoms with Gasteiger partial charge in [0, 0.05) is 6.54 Å². The van der Waals surface area contributed by atoms with Gasteiger partial charge in [-0.15, -0.1) is 0 Å². The van der Waals surface area contributed by atoms with Crippen LogP contribution in [0.3, 0.4) is 0 Å². The Bertz CT molecular complexity index is 450. The van der Waals surface area contributed by atoms with Crippen LogP contribution in [0.5, 0.6) is 0 Å². The number of carbonyl (C=O) groups excluding carboxylic acids is 1. The summed E-state index contributed by atoms with van der Waals surface area (Å²) < 4.78 is 0. The SMILES string of the molecule is CCC(C)C1NC(c2ccsc2)N(CC(C)(C)C)C1=O. The number of rotatable bonds is 4. The van der Waals surface area contributed by atoms with Crippen molar-refractivity contribution in [3.05, 3.63) is 22.4 Å². The van der Waals surface area contributed by atoms with E-state index in [0.717, 1.165) is 13.0 Å². The predicted octanol–water partition coefficient (Wildman–Crippen LogP) is 3.64. The molecule has 1 aliphatic rings. The molecular formula is C16H26N2OS. The zero-order chi connectivity index (χ0) is 14.9. The van der Waals surface area contributed by atoms with Crippen LogP contribution in [0.15, 0.2) is 16.8 Å². The Kier molecular flexibility index (Phi) is 4.55. The van der Waals surface area contributed by atoms with Crippen molar-refractivity contribution in [1.82, 2.24) is 10.2 Å². The second-order valence-corrected chi connectivity index (χ2v) is 7.80. The topological polar surface area (TPSA) is 32.3 Å². The average molecular weight is 294 g/mol. The van der Waals surface area contributed by atoms with E-state index in [-0.39, 0.29) is 23.5 Å². The van der Waals surface area contributed by atoms with Crippen LogP contribution in [-0.4, -0.2) is 23.4 Å². The Hall–Kier alpha value is -0.870. The third-order valence-electron chi connectivity index (χ3n) is 3.91. The Morgan fingerprint density at radius 1 is 1.45 bits per heavy atom. The lowest BCUT2D eigenvalue weighted by Gasteiger charge is -2.30. The summed E-state index contributed by atoms with van der Waals surface area (Å²) in [5, 5.41) is 7.76. The van der Waals surface area contributed by atoms with E-state index >= 15 is 0 Å². The van der Waals surface area contributed by atoms with Crippen LogP contribution in [0.2, 0.25) is 0 Å². The Morgan fingerprint density at radius 3 is 2.65 bits per heavy atom. The molecule has 0 radical (unpaired) electrons. The van der Waals surface area contributed by atoms with Gasteiger partial charge in [0.05, 0.1) is 6.04 Å². The highest BCUT2D eigenvalue weighted by atomic mass is 32.1. The number of carbonyl (C=O) groups is 1. The summed E-state index contributed by atoms with van der Waals surface area (Å²) in [6, 6.07) is 2.07. The van der Waals surface area contributed by atoms with Gasteiger partial charge < -0.3 is 4.90 Å². The lowest BCUT2D eigenvalue weighted by Crippen LogP contribution is -2.38. The summed E-state index contributed by atoms with van der Waals surface area (Å²) in [5.41, 5.74) is 1.31. The highest BCUT2D eigenvalue weighted by molar-refractivity contribution is 7.07. The average Bonchev–Trinajstić information content (AvgIpc) is 2.97. The fourth-order valence-electron chi connectivity index (χ4n) is 2.67. The summed E-state index contributed by atoms with van der Waals surface area (Å²) in [6.45, 7) is 11.6. The molecule has 3 nitrogen and oxygen atoms in total. The number of nitrogens with zero attached hydrogens (tertiary/aromatic N) is 1. The Balaban J connectivity index is 2.26. The molecule has 0 bridgehead atoms. The fourth-order valence-corrected chi connectivity index (χ4v) is 3.35. The minimum absolute atomic E-state index is 0.0342. The highest BCUT2D eigenvalue weighted by Gasteiger charge is 2.42. The van der Waals surface area contributed by atoms with E-state index in [1.54, 1.807) is 11.3 Å². The number of amides is 1. The summed E-state index contributed by atoms with van der Waals surface area (Å²) in [5.74, 6) is 0.624. The van der Waals surface area contributed by atoms with Crippen LogP contribution in [0.25, 0.3) is 0 Å². The number of nitrogens with one attached hydrogen (secondary N) is 1. The number of hydrogen-bond acceptors (Lipinski definition) is 3. The summed E-state index contributed by atoms with van der Waals surface area (Å²) >= 11 is 1.69. The van der Waals surface area contributed by atoms with Crippen molar-refractivity contribution in [2.45, 2.75) is 53.2 Å². The third kappa shape index (κ3) is 3.23. The van der Waals surface area contributed by atoms with Crippen LogP contribution in [0.1, 0.15) is 52.8 Å². The lowest BCUT2D eigenvalue weighted by molar-refractivity contribution is -0.132. The van der Waals surface area contributed by atoms with Crippen molar-refractivity contribution in [2.75, 3.05) is 6.54 Å². The summed E-state index contributed by atoms with van der Waals surface area (Å²) in [4.78, 5) is 14.8. The maximum absolute atomic E-state index is 12.8. The molecule has 1 aromatic heterocycles. The smallest absolute Gasteiger partial charge is 0.241 e. The normalized spacial score (nSPS) is 25.2. The molecule has 0 aromatic carbocycles. The van der Waals surface area contributed by atoms with Crippen molar-refractivity contribution in [2.24, 2.45) is 11.3 Å². The zero-order valence-electron chi connectivity index (χ0n) is 13.1. The van der Waals surface area contributed by atoms with Crippen molar-refractivity contribution in [1.29, 1.82) is 0 Å². The molecule has 1 aromatic rings. The summed E-state index contributed by atoms with van der Waals surface area (Å²) in [6.07, 6.45) is 1.05. The second-order valence-electron chi connectivity index (χ2n) is 7.02. The fraction of sp³-hybridized carbons (Fsp3) is 0.688. The van der Waals surface area contributed by atoms with Crippen LogP contribution in [-0.2, 0) is 4.79 Å². The van der Waals surface area contributed by atoms with E-state index in [2.05, 4.69) is 56.8 Å².